The summed E-state index contributed by atoms with van der Waals surface area (Å²) < 4.78 is 10.5. The summed E-state index contributed by atoms with van der Waals surface area (Å²) in [6.45, 7) is 6.27. The van der Waals surface area contributed by atoms with Gasteiger partial charge in [0.2, 0.25) is 0 Å². The summed E-state index contributed by atoms with van der Waals surface area (Å²) in [4.78, 5) is 23.1. The van der Waals surface area contributed by atoms with E-state index in [1.807, 2.05) is 31.2 Å². The SMILES string of the molecule is CCNC(=O)[C@H](C)OC(=O)/C=C/c1ccccc1OCC. The maximum absolute atomic E-state index is 11.7. The van der Waals surface area contributed by atoms with Crippen LogP contribution in [0.3, 0.4) is 0 Å². The molecule has 1 amide bonds. The van der Waals surface area contributed by atoms with E-state index in [1.54, 1.807) is 13.0 Å². The molecule has 0 radical (unpaired) electrons. The minimum absolute atomic E-state index is 0.311. The highest BCUT2D eigenvalue weighted by atomic mass is 16.5. The van der Waals surface area contributed by atoms with Crippen LogP contribution < -0.4 is 10.1 Å². The van der Waals surface area contributed by atoms with E-state index in [0.717, 1.165) is 5.56 Å². The smallest absolute Gasteiger partial charge is 0.331 e. The van der Waals surface area contributed by atoms with Gasteiger partial charge in [0.25, 0.3) is 5.91 Å². The Morgan fingerprint density at radius 2 is 2.00 bits per heavy atom. The quantitative estimate of drug-likeness (QED) is 0.617. The monoisotopic (exact) mass is 291 g/mol. The Kier molecular flexibility index (Phi) is 7.01. The molecule has 0 saturated heterocycles. The van der Waals surface area contributed by atoms with Gasteiger partial charge >= 0.3 is 5.97 Å². The van der Waals surface area contributed by atoms with Gasteiger partial charge in [0.15, 0.2) is 6.10 Å². The van der Waals surface area contributed by atoms with E-state index < -0.39 is 12.1 Å². The van der Waals surface area contributed by atoms with Crippen LogP contribution in [0.4, 0.5) is 0 Å². The maximum Gasteiger partial charge on any atom is 0.331 e. The third-order valence-corrected chi connectivity index (χ3v) is 2.63. The molecule has 0 aliphatic rings. The summed E-state index contributed by atoms with van der Waals surface area (Å²) in [7, 11) is 0. The molecule has 1 N–H and O–H groups in total. The Hall–Kier alpha value is -2.30. The molecule has 0 bridgehead atoms. The van der Waals surface area contributed by atoms with Crippen molar-refractivity contribution >= 4 is 18.0 Å². The van der Waals surface area contributed by atoms with E-state index in [9.17, 15) is 9.59 Å². The number of amides is 1. The molecular formula is C16H21NO4. The summed E-state index contributed by atoms with van der Waals surface area (Å²) in [6.07, 6.45) is 2.08. The molecule has 0 spiro atoms. The molecule has 21 heavy (non-hydrogen) atoms. The Balaban J connectivity index is 2.64. The van der Waals surface area contributed by atoms with Crippen LogP contribution in [0.1, 0.15) is 26.3 Å². The van der Waals surface area contributed by atoms with Gasteiger partial charge in [-0.15, -0.1) is 0 Å². The second-order valence-corrected chi connectivity index (χ2v) is 4.28. The van der Waals surface area contributed by atoms with Gasteiger partial charge in [-0.3, -0.25) is 4.79 Å². The predicted molar refractivity (Wildman–Crippen MR) is 80.9 cm³/mol. The van der Waals surface area contributed by atoms with E-state index in [1.165, 1.54) is 13.0 Å². The fourth-order valence-corrected chi connectivity index (χ4v) is 1.65. The molecule has 114 valence electrons. The van der Waals surface area contributed by atoms with Gasteiger partial charge < -0.3 is 14.8 Å². The lowest BCUT2D eigenvalue weighted by Gasteiger charge is -2.11. The van der Waals surface area contributed by atoms with Gasteiger partial charge in [0, 0.05) is 18.2 Å². The van der Waals surface area contributed by atoms with Crippen molar-refractivity contribution in [3.05, 3.63) is 35.9 Å². The van der Waals surface area contributed by atoms with Crippen molar-refractivity contribution in [3.8, 4) is 5.75 Å². The largest absolute Gasteiger partial charge is 0.493 e. The average molecular weight is 291 g/mol. The first-order valence-electron chi connectivity index (χ1n) is 6.96. The van der Waals surface area contributed by atoms with Crippen molar-refractivity contribution in [3.63, 3.8) is 0 Å². The summed E-state index contributed by atoms with van der Waals surface area (Å²) in [5.41, 5.74) is 0.780. The highest BCUT2D eigenvalue weighted by molar-refractivity contribution is 5.90. The first-order chi connectivity index (χ1) is 10.1. The topological polar surface area (TPSA) is 64.6 Å². The molecule has 1 atom stereocenters. The fourth-order valence-electron chi connectivity index (χ4n) is 1.65. The van der Waals surface area contributed by atoms with Crippen LogP contribution in [-0.4, -0.2) is 31.1 Å². The molecule has 0 aliphatic heterocycles. The van der Waals surface area contributed by atoms with Crippen LogP contribution >= 0.6 is 0 Å². The number of likely N-dealkylation sites (N-methyl/N-ethyl adjacent to an activating group) is 1. The molecule has 5 heteroatoms. The van der Waals surface area contributed by atoms with Gasteiger partial charge in [-0.05, 0) is 32.9 Å². The van der Waals surface area contributed by atoms with E-state index in [4.69, 9.17) is 9.47 Å². The lowest BCUT2D eigenvalue weighted by molar-refractivity contribution is -0.150. The highest BCUT2D eigenvalue weighted by Crippen LogP contribution is 2.19. The van der Waals surface area contributed by atoms with Crippen LogP contribution in [0.15, 0.2) is 30.3 Å². The number of benzene rings is 1. The lowest BCUT2D eigenvalue weighted by Crippen LogP contribution is -2.35. The molecule has 1 aromatic carbocycles. The van der Waals surface area contributed by atoms with Crippen molar-refractivity contribution in [2.24, 2.45) is 0 Å². The molecule has 0 unspecified atom stereocenters. The third kappa shape index (κ3) is 5.69. The van der Waals surface area contributed by atoms with Crippen molar-refractivity contribution in [2.45, 2.75) is 26.9 Å². The second-order valence-electron chi connectivity index (χ2n) is 4.28. The van der Waals surface area contributed by atoms with Crippen LogP contribution in [0.2, 0.25) is 0 Å². The predicted octanol–water partition coefficient (Wildman–Crippen LogP) is 2.17. The zero-order valence-electron chi connectivity index (χ0n) is 12.6. The van der Waals surface area contributed by atoms with Crippen molar-refractivity contribution in [1.82, 2.24) is 5.32 Å². The van der Waals surface area contributed by atoms with Gasteiger partial charge in [0.1, 0.15) is 5.75 Å². The zero-order chi connectivity index (χ0) is 15.7. The number of hydrogen-bond acceptors (Lipinski definition) is 4. The van der Waals surface area contributed by atoms with Gasteiger partial charge in [0.05, 0.1) is 6.61 Å². The normalized spacial score (nSPS) is 12.0. The Bertz CT molecular complexity index is 511. The van der Waals surface area contributed by atoms with Crippen LogP contribution in [0.25, 0.3) is 6.08 Å². The molecule has 0 saturated carbocycles. The van der Waals surface area contributed by atoms with Crippen LogP contribution in [0.5, 0.6) is 5.75 Å². The number of rotatable bonds is 7. The van der Waals surface area contributed by atoms with E-state index in [0.29, 0.717) is 18.9 Å². The minimum Gasteiger partial charge on any atom is -0.493 e. The molecule has 0 aliphatic carbocycles. The van der Waals surface area contributed by atoms with Crippen LogP contribution in [0, 0.1) is 0 Å². The highest BCUT2D eigenvalue weighted by Gasteiger charge is 2.15. The number of nitrogens with one attached hydrogen (secondary N) is 1. The number of carbonyl (C=O) groups excluding carboxylic acids is 2. The second kappa shape index (κ2) is 8.79. The lowest BCUT2D eigenvalue weighted by atomic mass is 10.2. The molecule has 1 aromatic rings. The number of para-hydroxylation sites is 1. The van der Waals surface area contributed by atoms with E-state index >= 15 is 0 Å². The Morgan fingerprint density at radius 3 is 2.67 bits per heavy atom. The summed E-state index contributed by atoms with van der Waals surface area (Å²) in [5.74, 6) is -0.185. The number of hydrogen-bond donors (Lipinski definition) is 1. The number of ether oxygens (including phenoxy) is 2. The van der Waals surface area contributed by atoms with Crippen molar-refractivity contribution in [2.75, 3.05) is 13.2 Å². The van der Waals surface area contributed by atoms with E-state index in [2.05, 4.69) is 5.32 Å². The van der Waals surface area contributed by atoms with Crippen molar-refractivity contribution < 1.29 is 19.1 Å². The molecular weight excluding hydrogens is 270 g/mol. The minimum atomic E-state index is -0.816. The van der Waals surface area contributed by atoms with E-state index in [-0.39, 0.29) is 5.91 Å². The molecule has 0 fully saturated rings. The summed E-state index contributed by atoms with van der Waals surface area (Å²) in [5, 5.41) is 2.59. The fraction of sp³-hybridized carbons (Fsp3) is 0.375. The maximum atomic E-state index is 11.7. The van der Waals surface area contributed by atoms with Crippen LogP contribution in [-0.2, 0) is 14.3 Å². The van der Waals surface area contributed by atoms with Gasteiger partial charge in [-0.1, -0.05) is 18.2 Å². The van der Waals surface area contributed by atoms with Gasteiger partial charge in [-0.25, -0.2) is 4.79 Å². The Morgan fingerprint density at radius 1 is 1.29 bits per heavy atom. The average Bonchev–Trinajstić information content (AvgIpc) is 2.47. The summed E-state index contributed by atoms with van der Waals surface area (Å²) >= 11 is 0. The van der Waals surface area contributed by atoms with Gasteiger partial charge in [-0.2, -0.15) is 0 Å². The first kappa shape index (κ1) is 16.8. The zero-order valence-corrected chi connectivity index (χ0v) is 12.6. The Labute approximate surface area is 124 Å². The molecule has 0 heterocycles. The first-order valence-corrected chi connectivity index (χ1v) is 6.96. The standard InChI is InChI=1S/C16H21NO4/c1-4-17-16(19)12(3)21-15(18)11-10-13-8-6-7-9-14(13)20-5-2/h6-12H,4-5H2,1-3H3,(H,17,19)/b11-10+/t12-/m0/s1. The summed E-state index contributed by atoms with van der Waals surface area (Å²) in [6, 6.07) is 7.37. The molecule has 5 nitrogen and oxygen atoms in total. The number of carbonyl (C=O) groups is 2. The molecule has 0 aromatic heterocycles. The third-order valence-electron chi connectivity index (χ3n) is 2.63. The number of esters is 1. The molecule has 1 rings (SSSR count). The van der Waals surface area contributed by atoms with Crippen molar-refractivity contribution in [1.29, 1.82) is 0 Å².